The Morgan fingerprint density at radius 1 is 1.20 bits per heavy atom. The highest BCUT2D eigenvalue weighted by Gasteiger charge is 2.15. The minimum absolute atomic E-state index is 0.217. The predicted molar refractivity (Wildman–Crippen MR) is 83.4 cm³/mol. The third kappa shape index (κ3) is 3.35. The Bertz CT molecular complexity index is 681. The SMILES string of the molecule is Cc1cccc(C(=O)Oc2c(Br)cc(Br)cc2C=O)c1. The van der Waals surface area contributed by atoms with E-state index in [4.69, 9.17) is 4.74 Å². The normalized spacial score (nSPS) is 10.2. The molecule has 0 spiro atoms. The van der Waals surface area contributed by atoms with E-state index in [1.54, 1.807) is 30.3 Å². The molecule has 102 valence electrons. The number of halogens is 2. The molecule has 0 atom stereocenters. The van der Waals surface area contributed by atoms with Crippen LogP contribution in [-0.4, -0.2) is 12.3 Å². The van der Waals surface area contributed by atoms with Gasteiger partial charge in [0.1, 0.15) is 0 Å². The lowest BCUT2D eigenvalue weighted by Crippen LogP contribution is -2.10. The minimum atomic E-state index is -0.500. The number of esters is 1. The minimum Gasteiger partial charge on any atom is -0.421 e. The van der Waals surface area contributed by atoms with Gasteiger partial charge in [-0.3, -0.25) is 4.79 Å². The summed E-state index contributed by atoms with van der Waals surface area (Å²) in [4.78, 5) is 23.2. The van der Waals surface area contributed by atoms with E-state index in [1.807, 2.05) is 13.0 Å². The summed E-state index contributed by atoms with van der Waals surface area (Å²) in [6.07, 6.45) is 0.647. The lowest BCUT2D eigenvalue weighted by Gasteiger charge is -2.09. The van der Waals surface area contributed by atoms with Gasteiger partial charge in [-0.25, -0.2) is 4.79 Å². The van der Waals surface area contributed by atoms with Crippen LogP contribution < -0.4 is 4.74 Å². The van der Waals surface area contributed by atoms with Crippen LogP contribution in [0, 0.1) is 6.92 Å². The van der Waals surface area contributed by atoms with Crippen LogP contribution in [0.25, 0.3) is 0 Å². The van der Waals surface area contributed by atoms with Crippen molar-refractivity contribution in [1.29, 1.82) is 0 Å². The van der Waals surface area contributed by atoms with Gasteiger partial charge < -0.3 is 4.74 Å². The van der Waals surface area contributed by atoms with Crippen LogP contribution in [0.15, 0.2) is 45.3 Å². The largest absolute Gasteiger partial charge is 0.421 e. The van der Waals surface area contributed by atoms with Crippen LogP contribution in [-0.2, 0) is 0 Å². The summed E-state index contributed by atoms with van der Waals surface area (Å²) < 4.78 is 6.59. The van der Waals surface area contributed by atoms with Crippen LogP contribution in [0.3, 0.4) is 0 Å². The zero-order valence-corrected chi connectivity index (χ0v) is 13.7. The first kappa shape index (κ1) is 14.9. The zero-order valence-electron chi connectivity index (χ0n) is 10.5. The summed E-state index contributed by atoms with van der Waals surface area (Å²) in [5, 5.41) is 0. The zero-order chi connectivity index (χ0) is 14.7. The van der Waals surface area contributed by atoms with Gasteiger partial charge in [0.05, 0.1) is 15.6 Å². The van der Waals surface area contributed by atoms with Gasteiger partial charge >= 0.3 is 5.97 Å². The van der Waals surface area contributed by atoms with E-state index in [2.05, 4.69) is 31.9 Å². The van der Waals surface area contributed by atoms with Gasteiger partial charge in [0, 0.05) is 4.47 Å². The maximum Gasteiger partial charge on any atom is 0.343 e. The number of aldehydes is 1. The maximum atomic E-state index is 12.1. The molecule has 0 bridgehead atoms. The summed E-state index contributed by atoms with van der Waals surface area (Å²) in [7, 11) is 0. The summed E-state index contributed by atoms with van der Waals surface area (Å²) in [6.45, 7) is 1.89. The number of hydrogen-bond acceptors (Lipinski definition) is 3. The van der Waals surface area contributed by atoms with Gasteiger partial charge in [0.15, 0.2) is 12.0 Å². The molecule has 0 saturated heterocycles. The van der Waals surface area contributed by atoms with Crippen molar-refractivity contribution in [2.45, 2.75) is 6.92 Å². The number of rotatable bonds is 3. The predicted octanol–water partition coefficient (Wildman–Crippen LogP) is 4.55. The molecule has 5 heteroatoms. The summed E-state index contributed by atoms with van der Waals surface area (Å²) in [6, 6.07) is 10.4. The van der Waals surface area contributed by atoms with Crippen LogP contribution in [0.2, 0.25) is 0 Å². The van der Waals surface area contributed by atoms with Crippen molar-refractivity contribution in [2.24, 2.45) is 0 Å². The number of carbonyl (C=O) groups excluding carboxylic acids is 2. The molecule has 0 radical (unpaired) electrons. The summed E-state index contributed by atoms with van der Waals surface area (Å²) in [5.74, 6) is -0.283. The van der Waals surface area contributed by atoms with Gasteiger partial charge in [0.2, 0.25) is 0 Å². The smallest absolute Gasteiger partial charge is 0.343 e. The molecule has 2 rings (SSSR count). The fourth-order valence-electron chi connectivity index (χ4n) is 1.70. The third-order valence-corrected chi connectivity index (χ3v) is 3.66. The quantitative estimate of drug-likeness (QED) is 0.433. The monoisotopic (exact) mass is 396 g/mol. The average Bonchev–Trinajstić information content (AvgIpc) is 2.41. The fourth-order valence-corrected chi connectivity index (χ4v) is 3.04. The topological polar surface area (TPSA) is 43.4 Å². The molecule has 2 aromatic rings. The Morgan fingerprint density at radius 3 is 2.60 bits per heavy atom. The highest BCUT2D eigenvalue weighted by atomic mass is 79.9. The molecule has 0 aliphatic heterocycles. The van der Waals surface area contributed by atoms with Gasteiger partial charge in [-0.1, -0.05) is 33.6 Å². The van der Waals surface area contributed by atoms with Crippen molar-refractivity contribution < 1.29 is 14.3 Å². The Labute approximate surface area is 133 Å². The lowest BCUT2D eigenvalue weighted by molar-refractivity contribution is 0.0732. The molecule has 0 unspecified atom stereocenters. The molecular weight excluding hydrogens is 388 g/mol. The number of hydrogen-bond donors (Lipinski definition) is 0. The molecule has 0 fully saturated rings. The van der Waals surface area contributed by atoms with E-state index in [0.29, 0.717) is 21.9 Å². The number of benzene rings is 2. The van der Waals surface area contributed by atoms with Crippen molar-refractivity contribution in [1.82, 2.24) is 0 Å². The van der Waals surface area contributed by atoms with Crippen molar-refractivity contribution >= 4 is 44.1 Å². The lowest BCUT2D eigenvalue weighted by atomic mass is 10.1. The molecular formula is C15H10Br2O3. The van der Waals surface area contributed by atoms with Crippen molar-refractivity contribution in [3.8, 4) is 5.75 Å². The molecule has 0 N–H and O–H groups in total. The molecule has 0 saturated carbocycles. The van der Waals surface area contributed by atoms with Gasteiger partial charge in [-0.15, -0.1) is 0 Å². The Morgan fingerprint density at radius 2 is 1.95 bits per heavy atom. The maximum absolute atomic E-state index is 12.1. The van der Waals surface area contributed by atoms with E-state index in [-0.39, 0.29) is 5.75 Å². The second-order valence-electron chi connectivity index (χ2n) is 4.18. The Balaban J connectivity index is 2.35. The molecule has 2 aromatic carbocycles. The van der Waals surface area contributed by atoms with Crippen LogP contribution in [0.4, 0.5) is 0 Å². The van der Waals surface area contributed by atoms with Crippen LogP contribution in [0.1, 0.15) is 26.3 Å². The van der Waals surface area contributed by atoms with Crippen LogP contribution in [0.5, 0.6) is 5.75 Å². The van der Waals surface area contributed by atoms with Crippen molar-refractivity contribution in [3.63, 3.8) is 0 Å². The summed E-state index contributed by atoms with van der Waals surface area (Å²) in [5.41, 5.74) is 1.70. The van der Waals surface area contributed by atoms with Gasteiger partial charge in [-0.05, 0) is 47.1 Å². The molecule has 0 heterocycles. The van der Waals surface area contributed by atoms with Crippen molar-refractivity contribution in [2.75, 3.05) is 0 Å². The number of carbonyl (C=O) groups is 2. The highest BCUT2D eigenvalue weighted by Crippen LogP contribution is 2.32. The van der Waals surface area contributed by atoms with Gasteiger partial charge in [-0.2, -0.15) is 0 Å². The van der Waals surface area contributed by atoms with Crippen molar-refractivity contribution in [3.05, 3.63) is 62.0 Å². The van der Waals surface area contributed by atoms with E-state index < -0.39 is 5.97 Å². The average molecular weight is 398 g/mol. The third-order valence-electron chi connectivity index (χ3n) is 2.61. The molecule has 3 nitrogen and oxygen atoms in total. The second-order valence-corrected chi connectivity index (χ2v) is 5.95. The first-order valence-corrected chi connectivity index (χ1v) is 7.33. The molecule has 0 aliphatic rings. The number of ether oxygens (including phenoxy) is 1. The van der Waals surface area contributed by atoms with Crippen LogP contribution >= 0.6 is 31.9 Å². The van der Waals surface area contributed by atoms with E-state index >= 15 is 0 Å². The standard InChI is InChI=1S/C15H10Br2O3/c1-9-3-2-4-10(5-9)15(19)20-14-11(8-18)6-12(16)7-13(14)17/h2-8H,1H3. The fraction of sp³-hybridized carbons (Fsp3) is 0.0667. The molecule has 0 aromatic heterocycles. The number of aryl methyl sites for hydroxylation is 1. The van der Waals surface area contributed by atoms with E-state index in [9.17, 15) is 9.59 Å². The Kier molecular flexibility index (Phi) is 4.73. The molecule has 20 heavy (non-hydrogen) atoms. The van der Waals surface area contributed by atoms with E-state index in [1.165, 1.54) is 0 Å². The Hall–Kier alpha value is -1.46. The highest BCUT2D eigenvalue weighted by molar-refractivity contribution is 9.11. The summed E-state index contributed by atoms with van der Waals surface area (Å²) >= 11 is 6.57. The molecule has 0 aliphatic carbocycles. The first-order valence-electron chi connectivity index (χ1n) is 5.74. The second kappa shape index (κ2) is 6.33. The molecule has 0 amide bonds. The van der Waals surface area contributed by atoms with Gasteiger partial charge in [0.25, 0.3) is 0 Å². The first-order chi connectivity index (χ1) is 9.51. The van der Waals surface area contributed by atoms with E-state index in [0.717, 1.165) is 10.0 Å².